The molecular formula is C19H27N5O2. The van der Waals surface area contributed by atoms with Gasteiger partial charge >= 0.3 is 0 Å². The molecule has 0 radical (unpaired) electrons. The Hall–Kier alpha value is -2.28. The molecule has 3 heterocycles. The highest BCUT2D eigenvalue weighted by molar-refractivity contribution is 5.76. The Morgan fingerprint density at radius 1 is 1.19 bits per heavy atom. The molecule has 26 heavy (non-hydrogen) atoms. The van der Waals surface area contributed by atoms with E-state index in [0.29, 0.717) is 26.1 Å². The van der Waals surface area contributed by atoms with E-state index >= 15 is 0 Å². The first-order valence-electron chi connectivity index (χ1n) is 9.15. The molecule has 2 aromatic heterocycles. The average molecular weight is 357 g/mol. The number of hydrogen-bond donors (Lipinski definition) is 0. The molecule has 1 atom stereocenters. The third-order valence-electron chi connectivity index (χ3n) is 4.60. The number of morpholine rings is 1. The van der Waals surface area contributed by atoms with Gasteiger partial charge in [-0.1, -0.05) is 0 Å². The lowest BCUT2D eigenvalue weighted by Gasteiger charge is -2.33. The van der Waals surface area contributed by atoms with Crippen molar-refractivity contribution in [1.29, 1.82) is 0 Å². The zero-order valence-corrected chi connectivity index (χ0v) is 16.0. The van der Waals surface area contributed by atoms with E-state index in [1.807, 2.05) is 43.3 Å². The van der Waals surface area contributed by atoms with Gasteiger partial charge in [-0.15, -0.1) is 0 Å². The van der Waals surface area contributed by atoms with Crippen molar-refractivity contribution in [2.24, 2.45) is 0 Å². The zero-order chi connectivity index (χ0) is 18.7. The van der Waals surface area contributed by atoms with Gasteiger partial charge in [-0.25, -0.2) is 9.97 Å². The second-order valence-electron chi connectivity index (χ2n) is 6.93. The molecule has 0 aromatic carbocycles. The van der Waals surface area contributed by atoms with Crippen LogP contribution in [-0.4, -0.2) is 50.3 Å². The molecule has 1 fully saturated rings. The van der Waals surface area contributed by atoms with Gasteiger partial charge < -0.3 is 9.64 Å². The summed E-state index contributed by atoms with van der Waals surface area (Å²) in [6.45, 7) is 10.3. The van der Waals surface area contributed by atoms with Crippen LogP contribution in [0.4, 0.5) is 0 Å². The van der Waals surface area contributed by atoms with Crippen molar-refractivity contribution in [1.82, 2.24) is 24.6 Å². The molecule has 2 aromatic rings. The second-order valence-corrected chi connectivity index (χ2v) is 6.93. The van der Waals surface area contributed by atoms with Gasteiger partial charge in [0.15, 0.2) is 0 Å². The van der Waals surface area contributed by atoms with E-state index in [4.69, 9.17) is 4.74 Å². The monoisotopic (exact) mass is 357 g/mol. The number of carbonyl (C=O) groups excluding carboxylic acids is 1. The largest absolute Gasteiger partial charge is 0.368 e. The van der Waals surface area contributed by atoms with Crippen molar-refractivity contribution in [3.63, 3.8) is 0 Å². The summed E-state index contributed by atoms with van der Waals surface area (Å²) in [7, 11) is 0. The van der Waals surface area contributed by atoms with Crippen molar-refractivity contribution in [2.75, 3.05) is 19.7 Å². The van der Waals surface area contributed by atoms with Crippen LogP contribution in [0.3, 0.4) is 0 Å². The fourth-order valence-electron chi connectivity index (χ4n) is 3.40. The standard InChI is InChI=1S/C19H27N5O2/c1-13-11-17(21-16(4)20-13)18-12-23(8-9-26-18)19(25)6-5-7-24-15(3)10-14(2)22-24/h10-11,18H,5-9,12H2,1-4H3/t18-/m0/s1. The fourth-order valence-corrected chi connectivity index (χ4v) is 3.40. The molecule has 0 spiro atoms. The Balaban J connectivity index is 1.55. The molecule has 0 aliphatic carbocycles. The number of carbonyl (C=O) groups is 1. The molecule has 7 nitrogen and oxygen atoms in total. The highest BCUT2D eigenvalue weighted by Gasteiger charge is 2.26. The van der Waals surface area contributed by atoms with Gasteiger partial charge in [0, 0.05) is 30.9 Å². The smallest absolute Gasteiger partial charge is 0.222 e. The van der Waals surface area contributed by atoms with Crippen LogP contribution in [0.25, 0.3) is 0 Å². The summed E-state index contributed by atoms with van der Waals surface area (Å²) in [5.41, 5.74) is 3.93. The maximum Gasteiger partial charge on any atom is 0.222 e. The highest BCUT2D eigenvalue weighted by Crippen LogP contribution is 2.22. The first-order chi connectivity index (χ1) is 12.4. The van der Waals surface area contributed by atoms with Gasteiger partial charge in [0.2, 0.25) is 5.91 Å². The minimum absolute atomic E-state index is 0.169. The van der Waals surface area contributed by atoms with Crippen LogP contribution < -0.4 is 0 Å². The zero-order valence-electron chi connectivity index (χ0n) is 16.0. The summed E-state index contributed by atoms with van der Waals surface area (Å²) in [4.78, 5) is 23.3. The molecule has 3 rings (SSSR count). The van der Waals surface area contributed by atoms with E-state index in [1.54, 1.807) is 0 Å². The van der Waals surface area contributed by atoms with Crippen molar-refractivity contribution < 1.29 is 9.53 Å². The third kappa shape index (κ3) is 4.46. The Labute approximate surface area is 154 Å². The lowest BCUT2D eigenvalue weighted by atomic mass is 10.1. The van der Waals surface area contributed by atoms with Crippen LogP contribution in [0.1, 0.15) is 47.5 Å². The van der Waals surface area contributed by atoms with E-state index < -0.39 is 0 Å². The van der Waals surface area contributed by atoms with E-state index in [9.17, 15) is 4.79 Å². The molecule has 0 unspecified atom stereocenters. The Morgan fingerprint density at radius 3 is 2.69 bits per heavy atom. The van der Waals surface area contributed by atoms with Gasteiger partial charge in [0.05, 0.1) is 24.5 Å². The van der Waals surface area contributed by atoms with Crippen LogP contribution in [0, 0.1) is 27.7 Å². The Kier molecular flexibility index (Phi) is 5.66. The van der Waals surface area contributed by atoms with Gasteiger partial charge in [-0.05, 0) is 46.2 Å². The highest BCUT2D eigenvalue weighted by atomic mass is 16.5. The number of rotatable bonds is 5. The van der Waals surface area contributed by atoms with Crippen LogP contribution in [0.5, 0.6) is 0 Å². The summed E-state index contributed by atoms with van der Waals surface area (Å²) < 4.78 is 7.82. The van der Waals surface area contributed by atoms with Gasteiger partial charge in [0.25, 0.3) is 0 Å². The SMILES string of the molecule is Cc1cc([C@@H]2CN(C(=O)CCCn3nc(C)cc3C)CCO2)nc(C)n1. The molecule has 0 N–H and O–H groups in total. The number of aryl methyl sites for hydroxylation is 5. The molecule has 1 saturated heterocycles. The van der Waals surface area contributed by atoms with Crippen molar-refractivity contribution in [2.45, 2.75) is 53.2 Å². The predicted molar refractivity (Wildman–Crippen MR) is 97.7 cm³/mol. The lowest BCUT2D eigenvalue weighted by Crippen LogP contribution is -2.42. The molecule has 1 aliphatic heterocycles. The first-order valence-corrected chi connectivity index (χ1v) is 9.15. The van der Waals surface area contributed by atoms with Crippen LogP contribution in [0.15, 0.2) is 12.1 Å². The Morgan fingerprint density at radius 2 is 2.00 bits per heavy atom. The fraction of sp³-hybridized carbons (Fsp3) is 0.579. The van der Waals surface area contributed by atoms with Crippen molar-refractivity contribution >= 4 is 5.91 Å². The summed E-state index contributed by atoms with van der Waals surface area (Å²) in [5, 5.41) is 4.45. The van der Waals surface area contributed by atoms with E-state index in [-0.39, 0.29) is 12.0 Å². The number of aromatic nitrogens is 4. The summed E-state index contributed by atoms with van der Waals surface area (Å²) in [6, 6.07) is 3.99. The first kappa shape index (κ1) is 18.5. The van der Waals surface area contributed by atoms with E-state index in [1.165, 1.54) is 0 Å². The summed E-state index contributed by atoms with van der Waals surface area (Å²) >= 11 is 0. The van der Waals surface area contributed by atoms with Crippen molar-refractivity contribution in [3.8, 4) is 0 Å². The second kappa shape index (κ2) is 7.95. The van der Waals surface area contributed by atoms with Crippen molar-refractivity contribution in [3.05, 3.63) is 40.7 Å². The molecule has 0 saturated carbocycles. The quantitative estimate of drug-likeness (QED) is 0.821. The molecule has 1 aliphatic rings. The summed E-state index contributed by atoms with van der Waals surface area (Å²) in [6.07, 6.45) is 1.13. The van der Waals surface area contributed by atoms with E-state index in [0.717, 1.165) is 41.6 Å². The maximum atomic E-state index is 12.6. The van der Waals surface area contributed by atoms with Crippen LogP contribution in [0.2, 0.25) is 0 Å². The average Bonchev–Trinajstić information content (AvgIpc) is 2.91. The normalized spacial score (nSPS) is 17.5. The minimum Gasteiger partial charge on any atom is -0.368 e. The van der Waals surface area contributed by atoms with Gasteiger partial charge in [-0.2, -0.15) is 5.10 Å². The number of ether oxygens (including phenoxy) is 1. The number of amides is 1. The van der Waals surface area contributed by atoms with Crippen LogP contribution >= 0.6 is 0 Å². The third-order valence-corrected chi connectivity index (χ3v) is 4.60. The van der Waals surface area contributed by atoms with Gasteiger partial charge in [-0.3, -0.25) is 9.48 Å². The summed E-state index contributed by atoms with van der Waals surface area (Å²) in [5.74, 6) is 0.902. The molecule has 0 bridgehead atoms. The predicted octanol–water partition coefficient (Wildman–Crippen LogP) is 2.29. The molecule has 140 valence electrons. The number of hydrogen-bond acceptors (Lipinski definition) is 5. The van der Waals surface area contributed by atoms with Gasteiger partial charge in [0.1, 0.15) is 11.9 Å². The topological polar surface area (TPSA) is 73.1 Å². The lowest BCUT2D eigenvalue weighted by molar-refractivity contribution is -0.139. The molecule has 1 amide bonds. The maximum absolute atomic E-state index is 12.6. The van der Waals surface area contributed by atoms with E-state index in [2.05, 4.69) is 21.1 Å². The molecular weight excluding hydrogens is 330 g/mol. The van der Waals surface area contributed by atoms with Crippen LogP contribution in [-0.2, 0) is 16.1 Å². The molecule has 7 heteroatoms. The Bertz CT molecular complexity index is 766. The minimum atomic E-state index is -0.177. The number of nitrogens with zero attached hydrogens (tertiary/aromatic N) is 5.